The van der Waals surface area contributed by atoms with Crippen LogP contribution in [0.1, 0.15) is 36.3 Å². The average molecular weight is 381 g/mol. The Kier molecular flexibility index (Phi) is 5.59. The number of hydrogen-bond acceptors (Lipinski definition) is 7. The highest BCUT2D eigenvalue weighted by Crippen LogP contribution is 2.29. The molecule has 2 heterocycles. The molecule has 1 aromatic heterocycles. The minimum absolute atomic E-state index is 0.124. The Balaban J connectivity index is 1.70. The van der Waals surface area contributed by atoms with Gasteiger partial charge in [0, 0.05) is 19.5 Å². The van der Waals surface area contributed by atoms with E-state index in [-0.39, 0.29) is 12.5 Å². The van der Waals surface area contributed by atoms with Crippen molar-refractivity contribution in [2.24, 2.45) is 0 Å². The molecule has 3 rings (SSSR count). The summed E-state index contributed by atoms with van der Waals surface area (Å²) in [6, 6.07) is 7.81. The number of methoxy groups -OCH3 is 1. The molecule has 0 aliphatic carbocycles. The Labute approximate surface area is 153 Å². The van der Waals surface area contributed by atoms with Crippen LogP contribution in [0.2, 0.25) is 0 Å². The topological polar surface area (TPSA) is 94.8 Å². The molecular weight excluding hydrogens is 358 g/mol. The van der Waals surface area contributed by atoms with Gasteiger partial charge in [-0.25, -0.2) is 8.42 Å². The summed E-state index contributed by atoms with van der Waals surface area (Å²) in [5, 5.41) is 8.15. The Hall–Kier alpha value is -1.97. The predicted molar refractivity (Wildman–Crippen MR) is 94.5 cm³/mol. The van der Waals surface area contributed by atoms with Crippen LogP contribution in [0, 0.1) is 0 Å². The Morgan fingerprint density at radius 2 is 2.12 bits per heavy atom. The van der Waals surface area contributed by atoms with Gasteiger partial charge in [-0.15, -0.1) is 10.2 Å². The molecule has 0 unspecified atom stereocenters. The van der Waals surface area contributed by atoms with Crippen molar-refractivity contribution in [1.29, 1.82) is 0 Å². The fourth-order valence-corrected chi connectivity index (χ4v) is 3.81. The molecule has 142 valence electrons. The van der Waals surface area contributed by atoms with Gasteiger partial charge in [-0.2, -0.15) is 4.31 Å². The van der Waals surface area contributed by atoms with Gasteiger partial charge in [0.25, 0.3) is 0 Å². The van der Waals surface area contributed by atoms with Crippen molar-refractivity contribution in [3.8, 4) is 5.75 Å². The fourth-order valence-electron chi connectivity index (χ4n) is 3.00. The summed E-state index contributed by atoms with van der Waals surface area (Å²) in [4.78, 5) is 0. The van der Waals surface area contributed by atoms with Crippen LogP contribution >= 0.6 is 0 Å². The number of sulfonamides is 1. The monoisotopic (exact) mass is 381 g/mol. The maximum Gasteiger partial charge on any atom is 0.246 e. The number of aromatic nitrogens is 2. The molecule has 0 saturated carbocycles. The predicted octanol–water partition coefficient (Wildman–Crippen LogP) is 1.76. The van der Waals surface area contributed by atoms with Crippen LogP contribution in [0.5, 0.6) is 5.75 Å². The molecule has 0 amide bonds. The first kappa shape index (κ1) is 18.8. The SMILES string of the molecule is COc1ccccc1[C@H](C)Cc1nnc([C@H]2CN(S(C)(=O)=O)CCO2)o1. The molecular formula is C17H23N3O5S. The van der Waals surface area contributed by atoms with Crippen molar-refractivity contribution < 1.29 is 22.3 Å². The normalized spacial score (nSPS) is 20.0. The minimum Gasteiger partial charge on any atom is -0.496 e. The molecule has 1 saturated heterocycles. The highest BCUT2D eigenvalue weighted by Gasteiger charge is 2.31. The van der Waals surface area contributed by atoms with Crippen molar-refractivity contribution in [2.45, 2.75) is 25.4 Å². The van der Waals surface area contributed by atoms with E-state index in [1.54, 1.807) is 7.11 Å². The number of nitrogens with zero attached hydrogens (tertiary/aromatic N) is 3. The highest BCUT2D eigenvalue weighted by atomic mass is 32.2. The Morgan fingerprint density at radius 1 is 1.35 bits per heavy atom. The van der Waals surface area contributed by atoms with E-state index in [9.17, 15) is 8.42 Å². The molecule has 2 aromatic rings. The fraction of sp³-hybridized carbons (Fsp3) is 0.529. The van der Waals surface area contributed by atoms with Gasteiger partial charge in [-0.05, 0) is 17.5 Å². The quantitative estimate of drug-likeness (QED) is 0.752. The summed E-state index contributed by atoms with van der Waals surface area (Å²) >= 11 is 0. The molecule has 0 spiro atoms. The standard InChI is InChI=1S/C17H23N3O5S/c1-12(13-6-4-5-7-14(13)23-2)10-16-18-19-17(25-16)15-11-20(8-9-24-15)26(3,21)22/h4-7,12,15H,8-11H2,1-3H3/t12-,15-/m1/s1. The smallest absolute Gasteiger partial charge is 0.246 e. The van der Waals surface area contributed by atoms with Gasteiger partial charge in [-0.3, -0.25) is 0 Å². The van der Waals surface area contributed by atoms with Crippen LogP contribution in [0.4, 0.5) is 0 Å². The van der Waals surface area contributed by atoms with E-state index in [1.807, 2.05) is 24.3 Å². The number of para-hydroxylation sites is 1. The van der Waals surface area contributed by atoms with Gasteiger partial charge in [-0.1, -0.05) is 25.1 Å². The average Bonchev–Trinajstić information content (AvgIpc) is 3.09. The number of hydrogen-bond donors (Lipinski definition) is 0. The second kappa shape index (κ2) is 7.73. The van der Waals surface area contributed by atoms with Crippen molar-refractivity contribution in [3.05, 3.63) is 41.6 Å². The van der Waals surface area contributed by atoms with Crippen molar-refractivity contribution >= 4 is 10.0 Å². The summed E-state index contributed by atoms with van der Waals surface area (Å²) in [6.07, 6.45) is 1.20. The van der Waals surface area contributed by atoms with Gasteiger partial charge in [0.05, 0.1) is 20.0 Å². The van der Waals surface area contributed by atoms with Gasteiger partial charge in [0.1, 0.15) is 11.9 Å². The maximum atomic E-state index is 11.7. The lowest BCUT2D eigenvalue weighted by molar-refractivity contribution is -0.0176. The van der Waals surface area contributed by atoms with Crippen molar-refractivity contribution in [3.63, 3.8) is 0 Å². The second-order valence-electron chi connectivity index (χ2n) is 6.36. The molecule has 1 aromatic carbocycles. The molecule has 1 fully saturated rings. The van der Waals surface area contributed by atoms with Crippen LogP contribution < -0.4 is 4.74 Å². The number of benzene rings is 1. The lowest BCUT2D eigenvalue weighted by atomic mass is 9.97. The van der Waals surface area contributed by atoms with E-state index in [4.69, 9.17) is 13.9 Å². The number of rotatable bonds is 6. The largest absolute Gasteiger partial charge is 0.496 e. The highest BCUT2D eigenvalue weighted by molar-refractivity contribution is 7.88. The Morgan fingerprint density at radius 3 is 2.85 bits per heavy atom. The third-order valence-electron chi connectivity index (χ3n) is 4.41. The second-order valence-corrected chi connectivity index (χ2v) is 8.34. The lowest BCUT2D eigenvalue weighted by Gasteiger charge is -2.29. The minimum atomic E-state index is -3.27. The molecule has 1 aliphatic heterocycles. The van der Waals surface area contributed by atoms with Crippen molar-refractivity contribution in [2.75, 3.05) is 33.1 Å². The first-order valence-corrected chi connectivity index (χ1v) is 10.2. The third kappa shape index (κ3) is 4.22. The molecule has 0 bridgehead atoms. The van der Waals surface area contributed by atoms with E-state index in [2.05, 4.69) is 17.1 Å². The van der Waals surface area contributed by atoms with Crippen LogP contribution in [-0.4, -0.2) is 56.0 Å². The third-order valence-corrected chi connectivity index (χ3v) is 5.68. The molecule has 0 N–H and O–H groups in total. The van der Waals surface area contributed by atoms with Crippen LogP contribution in [0.15, 0.2) is 28.7 Å². The van der Waals surface area contributed by atoms with E-state index in [0.29, 0.717) is 31.4 Å². The summed E-state index contributed by atoms with van der Waals surface area (Å²) < 4.78 is 41.6. The summed E-state index contributed by atoms with van der Waals surface area (Å²) in [7, 11) is -1.63. The zero-order valence-electron chi connectivity index (χ0n) is 15.1. The first-order chi connectivity index (χ1) is 12.4. The van der Waals surface area contributed by atoms with E-state index < -0.39 is 16.1 Å². The van der Waals surface area contributed by atoms with Crippen LogP contribution in [0.25, 0.3) is 0 Å². The zero-order chi connectivity index (χ0) is 18.7. The van der Waals surface area contributed by atoms with Crippen molar-refractivity contribution in [1.82, 2.24) is 14.5 Å². The van der Waals surface area contributed by atoms with Gasteiger partial charge < -0.3 is 13.9 Å². The summed E-state index contributed by atoms with van der Waals surface area (Å²) in [5.41, 5.74) is 1.06. The van der Waals surface area contributed by atoms with E-state index >= 15 is 0 Å². The maximum absolute atomic E-state index is 11.7. The first-order valence-electron chi connectivity index (χ1n) is 8.40. The molecule has 26 heavy (non-hydrogen) atoms. The molecule has 2 atom stereocenters. The number of morpholine rings is 1. The molecule has 8 nitrogen and oxygen atoms in total. The van der Waals surface area contributed by atoms with Gasteiger partial charge >= 0.3 is 0 Å². The van der Waals surface area contributed by atoms with Crippen LogP contribution in [-0.2, 0) is 21.2 Å². The zero-order valence-corrected chi connectivity index (χ0v) is 15.9. The number of ether oxygens (including phenoxy) is 2. The summed E-state index contributed by atoms with van der Waals surface area (Å²) in [5.74, 6) is 1.73. The Bertz CT molecular complexity index is 852. The summed E-state index contributed by atoms with van der Waals surface area (Å²) in [6.45, 7) is 2.88. The molecule has 0 radical (unpaired) electrons. The van der Waals surface area contributed by atoms with Crippen LogP contribution in [0.3, 0.4) is 0 Å². The van der Waals surface area contributed by atoms with Gasteiger partial charge in [0.15, 0.2) is 0 Å². The lowest BCUT2D eigenvalue weighted by Crippen LogP contribution is -2.41. The molecule has 1 aliphatic rings. The van der Waals surface area contributed by atoms with Gasteiger partial charge in [0.2, 0.25) is 21.8 Å². The van der Waals surface area contributed by atoms with E-state index in [0.717, 1.165) is 11.3 Å². The van der Waals surface area contributed by atoms with E-state index in [1.165, 1.54) is 10.6 Å². The molecule has 9 heteroatoms.